The molecule has 170 valence electrons. The topological polar surface area (TPSA) is 73.7 Å². The quantitative estimate of drug-likeness (QED) is 0.491. The van der Waals surface area contributed by atoms with Crippen LogP contribution in [0, 0.1) is 0 Å². The van der Waals surface area contributed by atoms with E-state index in [1.165, 1.54) is 11.1 Å². The molecule has 6 heteroatoms. The molecule has 5 rings (SSSR count). The molecule has 1 N–H and O–H groups in total. The zero-order valence-corrected chi connectivity index (χ0v) is 18.6. The Bertz CT molecular complexity index is 1270. The monoisotopic (exact) mass is 451 g/mol. The molecule has 1 atom stereocenters. The van der Waals surface area contributed by atoms with Gasteiger partial charge in [-0.25, -0.2) is 4.79 Å². The molecule has 0 spiro atoms. The van der Waals surface area contributed by atoms with Crippen LogP contribution in [0.25, 0.3) is 10.8 Å². The van der Waals surface area contributed by atoms with Gasteiger partial charge in [0.25, 0.3) is 5.91 Å². The van der Waals surface area contributed by atoms with Gasteiger partial charge in [0.05, 0.1) is 11.6 Å². The van der Waals surface area contributed by atoms with Gasteiger partial charge in [-0.3, -0.25) is 14.7 Å². The maximum absolute atomic E-state index is 13.5. The predicted molar refractivity (Wildman–Crippen MR) is 131 cm³/mol. The number of hydrogen-bond acceptors (Lipinski definition) is 4. The third-order valence-corrected chi connectivity index (χ3v) is 6.45. The third-order valence-electron chi connectivity index (χ3n) is 6.45. The predicted octanol–water partition coefficient (Wildman–Crippen LogP) is 4.24. The standard InChI is InChI=1S/C28H25N3O3/c32-27(24-18-29-17-22-13-7-8-14-23(22)24)31-16-15-30(19-25(31)28(33)34)26(20-9-3-1-4-10-20)21-11-5-2-6-12-21/h1-14,17-18,25-26H,15-16,19H2,(H,33,34). The highest BCUT2D eigenvalue weighted by atomic mass is 16.4. The van der Waals surface area contributed by atoms with Crippen LogP contribution in [0.5, 0.6) is 0 Å². The van der Waals surface area contributed by atoms with E-state index in [9.17, 15) is 14.7 Å². The second-order valence-corrected chi connectivity index (χ2v) is 8.48. The number of carboxylic acid groups (broad SMARTS) is 1. The number of nitrogens with zero attached hydrogens (tertiary/aromatic N) is 3. The molecule has 3 aromatic carbocycles. The van der Waals surface area contributed by atoms with Crippen LogP contribution < -0.4 is 0 Å². The van der Waals surface area contributed by atoms with Crippen molar-refractivity contribution >= 4 is 22.6 Å². The molecule has 6 nitrogen and oxygen atoms in total. The van der Waals surface area contributed by atoms with Crippen molar-refractivity contribution in [1.82, 2.24) is 14.8 Å². The highest BCUT2D eigenvalue weighted by Crippen LogP contribution is 2.31. The fourth-order valence-electron chi connectivity index (χ4n) is 4.82. The van der Waals surface area contributed by atoms with E-state index in [0.29, 0.717) is 18.7 Å². The number of pyridine rings is 1. The smallest absolute Gasteiger partial charge is 0.327 e. The number of hydrogen-bond donors (Lipinski definition) is 1. The lowest BCUT2D eigenvalue weighted by Crippen LogP contribution is -2.58. The summed E-state index contributed by atoms with van der Waals surface area (Å²) in [5.74, 6) is -1.31. The van der Waals surface area contributed by atoms with E-state index in [-0.39, 0.29) is 18.5 Å². The molecule has 0 radical (unpaired) electrons. The largest absolute Gasteiger partial charge is 0.480 e. The van der Waals surface area contributed by atoms with Gasteiger partial charge in [-0.05, 0) is 16.5 Å². The molecule has 1 aliphatic rings. The second-order valence-electron chi connectivity index (χ2n) is 8.48. The normalized spacial score (nSPS) is 16.6. The van der Waals surface area contributed by atoms with Crippen molar-refractivity contribution in [3.63, 3.8) is 0 Å². The average Bonchev–Trinajstić information content (AvgIpc) is 2.89. The summed E-state index contributed by atoms with van der Waals surface area (Å²) in [6, 6.07) is 26.6. The number of amides is 1. The van der Waals surface area contributed by atoms with E-state index in [4.69, 9.17) is 0 Å². The molecule has 1 fully saturated rings. The van der Waals surface area contributed by atoms with Crippen LogP contribution in [0.15, 0.2) is 97.3 Å². The van der Waals surface area contributed by atoms with Gasteiger partial charge in [-0.2, -0.15) is 0 Å². The number of carbonyl (C=O) groups excluding carboxylic acids is 1. The van der Waals surface area contributed by atoms with Crippen molar-refractivity contribution in [2.24, 2.45) is 0 Å². The van der Waals surface area contributed by atoms with Gasteiger partial charge in [0.1, 0.15) is 6.04 Å². The van der Waals surface area contributed by atoms with E-state index in [1.54, 1.807) is 6.20 Å². The molecule has 1 amide bonds. The Labute approximate surface area is 198 Å². The van der Waals surface area contributed by atoms with Crippen molar-refractivity contribution in [2.75, 3.05) is 19.6 Å². The summed E-state index contributed by atoms with van der Waals surface area (Å²) in [5.41, 5.74) is 2.62. The lowest BCUT2D eigenvalue weighted by atomic mass is 9.95. The number of rotatable bonds is 5. The molecule has 4 aromatic rings. The van der Waals surface area contributed by atoms with E-state index < -0.39 is 12.0 Å². The second kappa shape index (κ2) is 9.45. The molecule has 1 saturated heterocycles. The van der Waals surface area contributed by atoms with Crippen LogP contribution in [0.2, 0.25) is 0 Å². The zero-order chi connectivity index (χ0) is 23.5. The minimum Gasteiger partial charge on any atom is -0.480 e. The summed E-state index contributed by atoms with van der Waals surface area (Å²) in [5, 5.41) is 11.8. The molecule has 1 aromatic heterocycles. The minimum atomic E-state index is -1.01. The van der Waals surface area contributed by atoms with Gasteiger partial charge in [-0.1, -0.05) is 84.9 Å². The SMILES string of the molecule is O=C(O)C1CN(C(c2ccccc2)c2ccccc2)CCN1C(=O)c1cncc2ccccc12. The lowest BCUT2D eigenvalue weighted by Gasteiger charge is -2.43. The Morgan fingerprint density at radius 1 is 0.824 bits per heavy atom. The third kappa shape index (κ3) is 4.16. The molecule has 0 bridgehead atoms. The van der Waals surface area contributed by atoms with E-state index in [2.05, 4.69) is 34.1 Å². The van der Waals surface area contributed by atoms with Gasteiger partial charge >= 0.3 is 5.97 Å². The van der Waals surface area contributed by atoms with Crippen LogP contribution in [0.4, 0.5) is 0 Å². The van der Waals surface area contributed by atoms with Crippen molar-refractivity contribution in [2.45, 2.75) is 12.1 Å². The van der Waals surface area contributed by atoms with Crippen LogP contribution in [0.3, 0.4) is 0 Å². The number of carboxylic acids is 1. The van der Waals surface area contributed by atoms with Crippen LogP contribution >= 0.6 is 0 Å². The number of benzene rings is 3. The summed E-state index contributed by atoms with van der Waals surface area (Å²) >= 11 is 0. The molecule has 0 aliphatic carbocycles. The first kappa shape index (κ1) is 21.8. The van der Waals surface area contributed by atoms with E-state index >= 15 is 0 Å². The van der Waals surface area contributed by atoms with Crippen molar-refractivity contribution in [1.29, 1.82) is 0 Å². The molecular weight excluding hydrogens is 426 g/mol. The first-order valence-corrected chi connectivity index (χ1v) is 11.3. The Morgan fingerprint density at radius 3 is 2.09 bits per heavy atom. The molecule has 1 unspecified atom stereocenters. The van der Waals surface area contributed by atoms with E-state index in [1.807, 2.05) is 60.7 Å². The van der Waals surface area contributed by atoms with Gasteiger partial charge < -0.3 is 10.0 Å². The Morgan fingerprint density at radius 2 is 1.44 bits per heavy atom. The summed E-state index contributed by atoms with van der Waals surface area (Å²) < 4.78 is 0. The fourth-order valence-corrected chi connectivity index (χ4v) is 4.82. The van der Waals surface area contributed by atoms with Crippen LogP contribution in [-0.2, 0) is 4.79 Å². The van der Waals surface area contributed by atoms with Gasteiger partial charge in [-0.15, -0.1) is 0 Å². The van der Waals surface area contributed by atoms with Gasteiger partial charge in [0, 0.05) is 37.4 Å². The molecule has 1 aliphatic heterocycles. The molecule has 34 heavy (non-hydrogen) atoms. The fraction of sp³-hybridized carbons (Fsp3) is 0.179. The van der Waals surface area contributed by atoms with Crippen molar-refractivity contribution in [3.8, 4) is 0 Å². The molecular formula is C28H25N3O3. The number of piperazine rings is 1. The summed E-state index contributed by atoms with van der Waals surface area (Å²) in [4.78, 5) is 33.8. The van der Waals surface area contributed by atoms with Crippen molar-refractivity contribution < 1.29 is 14.7 Å². The minimum absolute atomic E-state index is 0.0966. The molecule has 0 saturated carbocycles. The summed E-state index contributed by atoms with van der Waals surface area (Å²) in [7, 11) is 0. The summed E-state index contributed by atoms with van der Waals surface area (Å²) in [6.07, 6.45) is 3.25. The average molecular weight is 452 g/mol. The number of carbonyl (C=O) groups is 2. The van der Waals surface area contributed by atoms with Crippen molar-refractivity contribution in [3.05, 3.63) is 114 Å². The maximum Gasteiger partial charge on any atom is 0.327 e. The zero-order valence-electron chi connectivity index (χ0n) is 18.6. The molecule has 2 heterocycles. The lowest BCUT2D eigenvalue weighted by molar-refractivity contribution is -0.144. The van der Waals surface area contributed by atoms with Gasteiger partial charge in [0.2, 0.25) is 0 Å². The number of fused-ring (bicyclic) bond motifs is 1. The Hall–Kier alpha value is -4.03. The van der Waals surface area contributed by atoms with Crippen LogP contribution in [-0.4, -0.2) is 57.4 Å². The van der Waals surface area contributed by atoms with Gasteiger partial charge in [0.15, 0.2) is 0 Å². The summed E-state index contributed by atoms with van der Waals surface area (Å²) in [6.45, 7) is 1.10. The van der Waals surface area contributed by atoms with Crippen LogP contribution in [0.1, 0.15) is 27.5 Å². The number of aromatic nitrogens is 1. The number of aliphatic carboxylic acids is 1. The first-order valence-electron chi connectivity index (χ1n) is 11.3. The highest BCUT2D eigenvalue weighted by Gasteiger charge is 2.39. The maximum atomic E-state index is 13.5. The first-order chi connectivity index (χ1) is 16.6. The Balaban J connectivity index is 1.47. The highest BCUT2D eigenvalue weighted by molar-refractivity contribution is 6.07. The van der Waals surface area contributed by atoms with E-state index in [0.717, 1.165) is 21.9 Å². The Kier molecular flexibility index (Phi) is 6.06.